The summed E-state index contributed by atoms with van der Waals surface area (Å²) < 4.78 is 1.53. The van der Waals surface area contributed by atoms with E-state index >= 15 is 0 Å². The lowest BCUT2D eigenvalue weighted by molar-refractivity contribution is -0.137. The minimum atomic E-state index is -0.108. The van der Waals surface area contributed by atoms with Crippen molar-refractivity contribution in [2.75, 3.05) is 19.6 Å². The summed E-state index contributed by atoms with van der Waals surface area (Å²) in [5, 5.41) is 3.27. The van der Waals surface area contributed by atoms with Crippen molar-refractivity contribution >= 4 is 17.5 Å². The molecule has 8 heteroatoms. The van der Waals surface area contributed by atoms with Crippen LogP contribution in [0.3, 0.4) is 0 Å². The van der Waals surface area contributed by atoms with E-state index < -0.39 is 0 Å². The molecule has 2 aromatic rings. The maximum absolute atomic E-state index is 13.1. The number of piperidine rings is 1. The van der Waals surface area contributed by atoms with Gasteiger partial charge in [0.1, 0.15) is 0 Å². The smallest absolute Gasteiger partial charge is 0.277 e. The Bertz CT molecular complexity index is 1120. The number of allylic oxidation sites excluding steroid dienone is 2. The van der Waals surface area contributed by atoms with Gasteiger partial charge >= 0.3 is 0 Å². The molecular weight excluding hydrogens is 406 g/mol. The first-order valence-electron chi connectivity index (χ1n) is 11.9. The predicted molar refractivity (Wildman–Crippen MR) is 120 cm³/mol. The summed E-state index contributed by atoms with van der Waals surface area (Å²) >= 11 is 0. The molecule has 8 nitrogen and oxygen atoms in total. The number of hydrogen-bond acceptors (Lipinski definition) is 4. The molecular formula is C24H31N5O3. The molecule has 3 aliphatic rings. The number of aromatic amines is 1. The maximum atomic E-state index is 13.1. The van der Waals surface area contributed by atoms with Crippen LogP contribution in [0.2, 0.25) is 0 Å². The number of nitrogens with one attached hydrogen (secondary N) is 1. The van der Waals surface area contributed by atoms with Crippen molar-refractivity contribution in [1.82, 2.24) is 24.4 Å². The van der Waals surface area contributed by atoms with Gasteiger partial charge in [-0.25, -0.2) is 9.50 Å². The zero-order valence-electron chi connectivity index (χ0n) is 18.7. The van der Waals surface area contributed by atoms with E-state index in [1.54, 1.807) is 4.90 Å². The van der Waals surface area contributed by atoms with Gasteiger partial charge in [-0.3, -0.25) is 19.5 Å². The summed E-state index contributed by atoms with van der Waals surface area (Å²) in [5.41, 5.74) is 2.97. The SMILES string of the molecule is CCC(=O)N1CCc2nc3cc(C4CCN(C(=O)[C@H]5CC=CCC5)CC4)[nH]n3c(=O)c2C1. The van der Waals surface area contributed by atoms with Gasteiger partial charge in [0.25, 0.3) is 5.56 Å². The fourth-order valence-corrected chi connectivity index (χ4v) is 5.33. The molecule has 0 bridgehead atoms. The van der Waals surface area contributed by atoms with Crippen LogP contribution in [0.5, 0.6) is 0 Å². The Morgan fingerprint density at radius 3 is 2.66 bits per heavy atom. The number of aromatic nitrogens is 3. The molecule has 1 N–H and O–H groups in total. The molecule has 0 unspecified atom stereocenters. The third-order valence-corrected chi connectivity index (χ3v) is 7.30. The van der Waals surface area contributed by atoms with Crippen LogP contribution in [-0.2, 0) is 22.6 Å². The van der Waals surface area contributed by atoms with Crippen molar-refractivity contribution in [2.24, 2.45) is 5.92 Å². The highest BCUT2D eigenvalue weighted by atomic mass is 16.2. The third-order valence-electron chi connectivity index (χ3n) is 7.30. The number of amides is 2. The summed E-state index contributed by atoms with van der Waals surface area (Å²) in [4.78, 5) is 46.6. The van der Waals surface area contributed by atoms with Gasteiger partial charge in [-0.1, -0.05) is 19.1 Å². The van der Waals surface area contributed by atoms with Crippen molar-refractivity contribution in [2.45, 2.75) is 64.3 Å². The van der Waals surface area contributed by atoms with Crippen molar-refractivity contribution in [3.8, 4) is 0 Å². The van der Waals surface area contributed by atoms with Crippen LogP contribution < -0.4 is 5.56 Å². The van der Waals surface area contributed by atoms with E-state index in [4.69, 9.17) is 4.98 Å². The molecule has 0 aromatic carbocycles. The van der Waals surface area contributed by atoms with Gasteiger partial charge in [0, 0.05) is 56.1 Å². The average molecular weight is 438 g/mol. The zero-order valence-corrected chi connectivity index (χ0v) is 18.7. The first-order valence-corrected chi connectivity index (χ1v) is 11.9. The second-order valence-electron chi connectivity index (χ2n) is 9.25. The number of likely N-dealkylation sites (tertiary alicyclic amines) is 1. The summed E-state index contributed by atoms with van der Waals surface area (Å²) in [5.74, 6) is 0.776. The molecule has 170 valence electrons. The summed E-state index contributed by atoms with van der Waals surface area (Å²) in [6.07, 6.45) is 9.94. The van der Waals surface area contributed by atoms with Gasteiger partial charge in [0.05, 0.1) is 17.8 Å². The number of hydrogen-bond donors (Lipinski definition) is 1. The number of rotatable bonds is 3. The average Bonchev–Trinajstić information content (AvgIpc) is 3.28. The second-order valence-corrected chi connectivity index (χ2v) is 9.25. The van der Waals surface area contributed by atoms with E-state index in [9.17, 15) is 14.4 Å². The van der Waals surface area contributed by atoms with Crippen molar-refractivity contribution < 1.29 is 9.59 Å². The van der Waals surface area contributed by atoms with Crippen molar-refractivity contribution in [3.05, 3.63) is 45.5 Å². The Morgan fingerprint density at radius 2 is 1.94 bits per heavy atom. The third kappa shape index (κ3) is 3.76. The number of carbonyl (C=O) groups excluding carboxylic acids is 2. The minimum absolute atomic E-state index is 0.0675. The van der Waals surface area contributed by atoms with Crippen LogP contribution in [0.15, 0.2) is 23.0 Å². The Labute approximate surface area is 187 Å². The fourth-order valence-electron chi connectivity index (χ4n) is 5.33. The Morgan fingerprint density at radius 1 is 1.12 bits per heavy atom. The van der Waals surface area contributed by atoms with E-state index in [1.807, 2.05) is 17.9 Å². The Hall–Kier alpha value is -2.90. The molecule has 1 saturated heterocycles. The Kier molecular flexibility index (Phi) is 5.61. The molecule has 1 aliphatic carbocycles. The van der Waals surface area contributed by atoms with Crippen molar-refractivity contribution in [1.29, 1.82) is 0 Å². The minimum Gasteiger partial charge on any atom is -0.342 e. The predicted octanol–water partition coefficient (Wildman–Crippen LogP) is 2.38. The second kappa shape index (κ2) is 8.56. The van der Waals surface area contributed by atoms with E-state index in [-0.39, 0.29) is 23.3 Å². The van der Waals surface area contributed by atoms with Gasteiger partial charge in [0.15, 0.2) is 5.65 Å². The lowest BCUT2D eigenvalue weighted by Crippen LogP contribution is -2.41. The largest absolute Gasteiger partial charge is 0.342 e. The lowest BCUT2D eigenvalue weighted by Gasteiger charge is -2.34. The standard InChI is InChI=1S/C24H31N5O3/c1-2-22(30)28-13-10-19-18(15-28)24(32)29-21(25-19)14-20(26-29)16-8-11-27(12-9-16)23(31)17-6-4-3-5-7-17/h3-4,14,16-17,26H,2,5-13,15H2,1H3/t17-/m0/s1. The summed E-state index contributed by atoms with van der Waals surface area (Å²) in [6.45, 7) is 4.30. The van der Waals surface area contributed by atoms with Crippen LogP contribution in [-0.4, -0.2) is 55.8 Å². The van der Waals surface area contributed by atoms with Gasteiger partial charge in [-0.05, 0) is 32.1 Å². The topological polar surface area (TPSA) is 90.8 Å². The molecule has 0 saturated carbocycles. The van der Waals surface area contributed by atoms with E-state index in [0.717, 1.165) is 56.6 Å². The number of H-pyrrole nitrogens is 1. The number of nitrogens with zero attached hydrogens (tertiary/aromatic N) is 4. The maximum Gasteiger partial charge on any atom is 0.277 e. The van der Waals surface area contributed by atoms with Gasteiger partial charge < -0.3 is 9.80 Å². The van der Waals surface area contributed by atoms with E-state index in [1.165, 1.54) is 4.52 Å². The highest BCUT2D eigenvalue weighted by molar-refractivity contribution is 5.79. The molecule has 4 heterocycles. The first-order chi connectivity index (χ1) is 15.5. The number of fused-ring (bicyclic) bond motifs is 2. The Balaban J connectivity index is 1.31. The molecule has 2 aromatic heterocycles. The van der Waals surface area contributed by atoms with Crippen LogP contribution in [0.4, 0.5) is 0 Å². The lowest BCUT2D eigenvalue weighted by atomic mass is 9.90. The highest BCUT2D eigenvalue weighted by Crippen LogP contribution is 2.30. The number of carbonyl (C=O) groups is 2. The monoisotopic (exact) mass is 437 g/mol. The van der Waals surface area contributed by atoms with Crippen molar-refractivity contribution in [3.63, 3.8) is 0 Å². The molecule has 0 radical (unpaired) electrons. The molecule has 5 rings (SSSR count). The molecule has 1 fully saturated rings. The summed E-state index contributed by atoms with van der Waals surface area (Å²) in [7, 11) is 0. The fraction of sp³-hybridized carbons (Fsp3) is 0.583. The van der Waals surface area contributed by atoms with Crippen LogP contribution >= 0.6 is 0 Å². The van der Waals surface area contributed by atoms with E-state index in [2.05, 4.69) is 17.3 Å². The van der Waals surface area contributed by atoms with Gasteiger partial charge in [-0.2, -0.15) is 0 Å². The molecule has 2 amide bonds. The van der Waals surface area contributed by atoms with Crippen LogP contribution in [0.25, 0.3) is 5.65 Å². The quantitative estimate of drug-likeness (QED) is 0.747. The van der Waals surface area contributed by atoms with Crippen LogP contribution in [0.1, 0.15) is 68.3 Å². The summed E-state index contributed by atoms with van der Waals surface area (Å²) in [6, 6.07) is 1.99. The highest BCUT2D eigenvalue weighted by Gasteiger charge is 2.30. The first kappa shape index (κ1) is 21.0. The molecule has 1 atom stereocenters. The van der Waals surface area contributed by atoms with E-state index in [0.29, 0.717) is 43.0 Å². The van der Waals surface area contributed by atoms with Gasteiger partial charge in [-0.15, -0.1) is 0 Å². The normalized spacial score (nSPS) is 21.7. The molecule has 2 aliphatic heterocycles. The molecule has 0 spiro atoms. The van der Waals surface area contributed by atoms with Crippen LogP contribution in [0, 0.1) is 5.92 Å². The molecule has 32 heavy (non-hydrogen) atoms. The van der Waals surface area contributed by atoms with Gasteiger partial charge in [0.2, 0.25) is 11.8 Å². The zero-order chi connectivity index (χ0) is 22.2.